The van der Waals surface area contributed by atoms with Gasteiger partial charge in [0.05, 0.1) is 4.90 Å². The van der Waals surface area contributed by atoms with Gasteiger partial charge >= 0.3 is 0 Å². The number of nitrogens with one attached hydrogen (secondary N) is 1. The van der Waals surface area contributed by atoms with Crippen molar-refractivity contribution in [1.29, 1.82) is 0 Å². The first-order valence-electron chi connectivity index (χ1n) is 6.06. The second-order valence-electron chi connectivity index (χ2n) is 4.09. The molecule has 0 saturated carbocycles. The van der Waals surface area contributed by atoms with E-state index >= 15 is 0 Å². The van der Waals surface area contributed by atoms with Crippen LogP contribution in [-0.2, 0) is 22.2 Å². The zero-order valence-corrected chi connectivity index (χ0v) is 11.2. The van der Waals surface area contributed by atoms with Gasteiger partial charge in [0.25, 0.3) is 0 Å². The molecule has 0 heterocycles. The van der Waals surface area contributed by atoms with E-state index in [1.165, 1.54) is 0 Å². The molecule has 1 amide bonds. The van der Waals surface area contributed by atoms with E-state index in [2.05, 4.69) is 4.72 Å². The van der Waals surface area contributed by atoms with Crippen molar-refractivity contribution < 1.29 is 9.00 Å². The van der Waals surface area contributed by atoms with Crippen molar-refractivity contribution in [2.75, 3.05) is 0 Å². The summed E-state index contributed by atoms with van der Waals surface area (Å²) in [5, 5.41) is 0. The summed E-state index contributed by atoms with van der Waals surface area (Å²) in [5.74, 6) is -0.203. The smallest absolute Gasteiger partial charge is 0.232 e. The quantitative estimate of drug-likeness (QED) is 0.909. The lowest BCUT2D eigenvalue weighted by Crippen LogP contribution is -2.25. The minimum atomic E-state index is -1.47. The molecule has 2 aromatic carbocycles. The fourth-order valence-electron chi connectivity index (χ4n) is 1.66. The topological polar surface area (TPSA) is 46.2 Å². The molecule has 0 aliphatic rings. The maximum Gasteiger partial charge on any atom is 0.232 e. The predicted molar refractivity (Wildman–Crippen MR) is 75.8 cm³/mol. The monoisotopic (exact) mass is 273 g/mol. The molecular weight excluding hydrogens is 258 g/mol. The number of aryl methyl sites for hydroxylation is 1. The van der Waals surface area contributed by atoms with E-state index in [-0.39, 0.29) is 5.91 Å². The van der Waals surface area contributed by atoms with Crippen molar-refractivity contribution in [3.8, 4) is 0 Å². The molecule has 19 heavy (non-hydrogen) atoms. The van der Waals surface area contributed by atoms with Crippen LogP contribution in [0.4, 0.5) is 0 Å². The number of benzene rings is 2. The van der Waals surface area contributed by atoms with Crippen LogP contribution in [0.15, 0.2) is 65.6 Å². The van der Waals surface area contributed by atoms with Crippen molar-refractivity contribution in [3.05, 3.63) is 66.2 Å². The van der Waals surface area contributed by atoms with Gasteiger partial charge in [-0.2, -0.15) is 0 Å². The Kier molecular flexibility index (Phi) is 4.86. The van der Waals surface area contributed by atoms with Crippen LogP contribution in [0, 0.1) is 0 Å². The van der Waals surface area contributed by atoms with Crippen LogP contribution >= 0.6 is 0 Å². The SMILES string of the molecule is O=C(CCc1ccccc1)N[S@@](=O)c1ccccc1. The van der Waals surface area contributed by atoms with E-state index in [1.807, 2.05) is 36.4 Å². The van der Waals surface area contributed by atoms with E-state index in [4.69, 9.17) is 0 Å². The lowest BCUT2D eigenvalue weighted by molar-refractivity contribution is -0.119. The summed E-state index contributed by atoms with van der Waals surface area (Å²) in [6, 6.07) is 18.7. The summed E-state index contributed by atoms with van der Waals surface area (Å²) in [5.41, 5.74) is 1.10. The van der Waals surface area contributed by atoms with Gasteiger partial charge in [0.1, 0.15) is 0 Å². The third-order valence-electron chi connectivity index (χ3n) is 2.65. The standard InChI is InChI=1S/C15H15NO2S/c17-15(12-11-13-7-3-1-4-8-13)16-19(18)14-9-5-2-6-10-14/h1-10H,11-12H2,(H,16,17)/t19-/m0/s1. The first kappa shape index (κ1) is 13.5. The van der Waals surface area contributed by atoms with Crippen molar-refractivity contribution in [3.63, 3.8) is 0 Å². The number of rotatable bonds is 5. The molecule has 4 heteroatoms. The molecule has 2 aromatic rings. The van der Waals surface area contributed by atoms with Crippen molar-refractivity contribution >= 4 is 16.9 Å². The molecule has 0 radical (unpaired) electrons. The number of hydrogen-bond acceptors (Lipinski definition) is 2. The maximum absolute atomic E-state index is 11.8. The second kappa shape index (κ2) is 6.85. The Labute approximate surface area is 115 Å². The van der Waals surface area contributed by atoms with Gasteiger partial charge in [-0.3, -0.25) is 9.52 Å². The van der Waals surface area contributed by atoms with E-state index < -0.39 is 11.0 Å². The third kappa shape index (κ3) is 4.34. The minimum absolute atomic E-state index is 0.203. The van der Waals surface area contributed by atoms with E-state index in [0.717, 1.165) is 5.56 Å². The van der Waals surface area contributed by atoms with Gasteiger partial charge < -0.3 is 0 Å². The molecule has 0 aliphatic carbocycles. The predicted octanol–water partition coefficient (Wildman–Crippen LogP) is 2.46. The van der Waals surface area contributed by atoms with E-state index in [1.54, 1.807) is 24.3 Å². The highest BCUT2D eigenvalue weighted by Crippen LogP contribution is 2.05. The normalized spacial score (nSPS) is 11.8. The summed E-state index contributed by atoms with van der Waals surface area (Å²) in [4.78, 5) is 12.3. The highest BCUT2D eigenvalue weighted by Gasteiger charge is 2.08. The first-order chi connectivity index (χ1) is 9.25. The average Bonchev–Trinajstić information content (AvgIpc) is 2.47. The fourth-order valence-corrected chi connectivity index (χ4v) is 2.49. The highest BCUT2D eigenvalue weighted by atomic mass is 32.2. The lowest BCUT2D eigenvalue weighted by Gasteiger charge is -2.05. The minimum Gasteiger partial charge on any atom is -0.274 e. The van der Waals surface area contributed by atoms with Gasteiger partial charge in [-0.15, -0.1) is 0 Å². The van der Waals surface area contributed by atoms with Crippen LogP contribution < -0.4 is 4.72 Å². The number of carbonyl (C=O) groups is 1. The van der Waals surface area contributed by atoms with Gasteiger partial charge in [0, 0.05) is 6.42 Å². The fraction of sp³-hybridized carbons (Fsp3) is 0.133. The van der Waals surface area contributed by atoms with Crippen LogP contribution in [0.2, 0.25) is 0 Å². The Balaban J connectivity index is 1.83. The molecule has 0 unspecified atom stereocenters. The molecule has 3 nitrogen and oxygen atoms in total. The van der Waals surface area contributed by atoms with Crippen molar-refractivity contribution in [2.45, 2.75) is 17.7 Å². The lowest BCUT2D eigenvalue weighted by atomic mass is 10.1. The summed E-state index contributed by atoms with van der Waals surface area (Å²) in [6.07, 6.45) is 0.987. The van der Waals surface area contributed by atoms with Gasteiger partial charge in [-0.25, -0.2) is 4.21 Å². The summed E-state index contributed by atoms with van der Waals surface area (Å²) < 4.78 is 14.3. The van der Waals surface area contributed by atoms with Gasteiger partial charge in [0.2, 0.25) is 5.91 Å². The number of hydrogen-bond donors (Lipinski definition) is 1. The molecule has 0 spiro atoms. The molecule has 1 N–H and O–H groups in total. The Hall–Kier alpha value is -1.94. The number of amides is 1. The van der Waals surface area contributed by atoms with Crippen LogP contribution in [0.1, 0.15) is 12.0 Å². The molecule has 0 aromatic heterocycles. The Morgan fingerprint density at radius 3 is 2.16 bits per heavy atom. The number of carbonyl (C=O) groups excluding carboxylic acids is 1. The first-order valence-corrected chi connectivity index (χ1v) is 7.21. The summed E-state index contributed by atoms with van der Waals surface area (Å²) in [6.45, 7) is 0. The Morgan fingerprint density at radius 1 is 0.947 bits per heavy atom. The largest absolute Gasteiger partial charge is 0.274 e. The molecule has 0 aliphatic heterocycles. The molecule has 2 rings (SSSR count). The summed E-state index contributed by atoms with van der Waals surface area (Å²) in [7, 11) is -1.47. The highest BCUT2D eigenvalue weighted by molar-refractivity contribution is 7.83. The average molecular weight is 273 g/mol. The zero-order valence-electron chi connectivity index (χ0n) is 10.4. The molecule has 1 atom stereocenters. The van der Waals surface area contributed by atoms with Crippen molar-refractivity contribution in [1.82, 2.24) is 4.72 Å². The summed E-state index contributed by atoms with van der Waals surface area (Å²) >= 11 is 0. The van der Waals surface area contributed by atoms with E-state index in [0.29, 0.717) is 17.7 Å². The van der Waals surface area contributed by atoms with Gasteiger partial charge in [-0.05, 0) is 24.1 Å². The molecule has 98 valence electrons. The second-order valence-corrected chi connectivity index (χ2v) is 5.31. The Bertz CT molecular complexity index is 555. The van der Waals surface area contributed by atoms with Gasteiger partial charge in [0.15, 0.2) is 11.0 Å². The Morgan fingerprint density at radius 2 is 1.53 bits per heavy atom. The van der Waals surface area contributed by atoms with Crippen LogP contribution in [0.3, 0.4) is 0 Å². The van der Waals surface area contributed by atoms with Crippen LogP contribution in [0.25, 0.3) is 0 Å². The maximum atomic E-state index is 11.8. The van der Waals surface area contributed by atoms with Crippen molar-refractivity contribution in [2.24, 2.45) is 0 Å². The van der Waals surface area contributed by atoms with Gasteiger partial charge in [-0.1, -0.05) is 48.5 Å². The van der Waals surface area contributed by atoms with Crippen LogP contribution in [0.5, 0.6) is 0 Å². The third-order valence-corrected chi connectivity index (χ3v) is 3.76. The van der Waals surface area contributed by atoms with Crippen LogP contribution in [-0.4, -0.2) is 10.1 Å². The molecule has 0 saturated heterocycles. The zero-order chi connectivity index (χ0) is 13.5. The molecule has 0 bridgehead atoms. The molecular formula is C15H15NO2S. The molecule has 0 fully saturated rings. The van der Waals surface area contributed by atoms with E-state index in [9.17, 15) is 9.00 Å².